The molecule has 0 saturated carbocycles. The van der Waals surface area contributed by atoms with Crippen LogP contribution in [0.4, 0.5) is 19.0 Å². The van der Waals surface area contributed by atoms with Crippen molar-refractivity contribution in [2.75, 3.05) is 5.32 Å². The van der Waals surface area contributed by atoms with E-state index in [1.54, 1.807) is 13.0 Å². The molecule has 0 saturated heterocycles. The number of aryl methyl sites for hydroxylation is 1. The fourth-order valence-corrected chi connectivity index (χ4v) is 1.21. The van der Waals surface area contributed by atoms with Gasteiger partial charge in [0.2, 0.25) is 0 Å². The van der Waals surface area contributed by atoms with Crippen LogP contribution in [0, 0.1) is 6.92 Å². The number of amides is 1. The van der Waals surface area contributed by atoms with Crippen molar-refractivity contribution in [3.8, 4) is 0 Å². The van der Waals surface area contributed by atoms with Crippen LogP contribution in [0.15, 0.2) is 16.6 Å². The number of alkyl halides is 3. The van der Waals surface area contributed by atoms with Gasteiger partial charge in [-0.15, -0.1) is 0 Å². The topological polar surface area (TPSA) is 68.0 Å². The molecule has 100 valence electrons. The molecule has 1 aromatic rings. The first-order valence-electron chi connectivity index (χ1n) is 4.86. The van der Waals surface area contributed by atoms with Crippen LogP contribution in [0.3, 0.4) is 0 Å². The zero-order valence-corrected chi connectivity index (χ0v) is 11.2. The van der Waals surface area contributed by atoms with Crippen molar-refractivity contribution in [3.05, 3.63) is 22.3 Å². The highest BCUT2D eigenvalue weighted by atomic mass is 79.9. The summed E-state index contributed by atoms with van der Waals surface area (Å²) >= 11 is 3.19. The fourth-order valence-electron chi connectivity index (χ4n) is 0.989. The number of hydrogen-bond donors (Lipinski definition) is 2. The van der Waals surface area contributed by atoms with Crippen molar-refractivity contribution >= 4 is 27.7 Å². The number of hydrogen-bond acceptors (Lipinski definition) is 3. The molecule has 0 spiro atoms. The first-order chi connectivity index (χ1) is 8.05. The monoisotopic (exact) mass is 325 g/mol. The molecule has 0 fully saturated rings. The third-order valence-electron chi connectivity index (χ3n) is 2.32. The van der Waals surface area contributed by atoms with Crippen LogP contribution >= 0.6 is 15.9 Å². The molecule has 0 aliphatic carbocycles. The molecule has 3 N–H and O–H groups in total. The predicted molar refractivity (Wildman–Crippen MR) is 64.0 cm³/mol. The van der Waals surface area contributed by atoms with Crippen LogP contribution in [0.1, 0.15) is 12.6 Å². The van der Waals surface area contributed by atoms with E-state index in [1.807, 2.05) is 5.32 Å². The highest BCUT2D eigenvalue weighted by Crippen LogP contribution is 2.29. The van der Waals surface area contributed by atoms with Gasteiger partial charge in [-0.2, -0.15) is 13.2 Å². The average Bonchev–Trinajstić information content (AvgIpc) is 2.21. The minimum absolute atomic E-state index is 0.0154. The van der Waals surface area contributed by atoms with Crippen molar-refractivity contribution in [2.24, 2.45) is 5.73 Å². The lowest BCUT2D eigenvalue weighted by Crippen LogP contribution is -2.59. The molecule has 8 heteroatoms. The number of aromatic nitrogens is 1. The Morgan fingerprint density at radius 2 is 2.00 bits per heavy atom. The minimum atomic E-state index is -4.83. The van der Waals surface area contributed by atoms with Crippen LogP contribution in [-0.2, 0) is 4.79 Å². The molecule has 0 aliphatic rings. The number of nitrogens with two attached hydrogens (primary N) is 1. The number of carbonyl (C=O) groups is 1. The number of anilines is 1. The molecule has 0 bridgehead atoms. The number of nitrogens with one attached hydrogen (secondary N) is 1. The van der Waals surface area contributed by atoms with Gasteiger partial charge in [0.1, 0.15) is 5.82 Å². The van der Waals surface area contributed by atoms with E-state index in [1.165, 1.54) is 6.07 Å². The van der Waals surface area contributed by atoms with Crippen LogP contribution in [-0.4, -0.2) is 22.6 Å². The van der Waals surface area contributed by atoms with Gasteiger partial charge in [0.15, 0.2) is 5.54 Å². The van der Waals surface area contributed by atoms with Gasteiger partial charge in [-0.25, -0.2) is 4.98 Å². The van der Waals surface area contributed by atoms with Gasteiger partial charge in [0, 0.05) is 4.47 Å². The Bertz CT molecular complexity index is 474. The summed E-state index contributed by atoms with van der Waals surface area (Å²) in [6.45, 7) is 2.25. The first kappa shape index (κ1) is 14.9. The Morgan fingerprint density at radius 1 is 1.44 bits per heavy atom. The molecule has 1 amide bonds. The second kappa shape index (κ2) is 4.85. The van der Waals surface area contributed by atoms with Gasteiger partial charge in [-0.1, -0.05) is 0 Å². The van der Waals surface area contributed by atoms with E-state index in [0.29, 0.717) is 17.1 Å². The Balaban J connectivity index is 2.91. The quantitative estimate of drug-likeness (QED) is 0.877. The van der Waals surface area contributed by atoms with Gasteiger partial charge in [0.25, 0.3) is 5.91 Å². The van der Waals surface area contributed by atoms with E-state index >= 15 is 0 Å². The summed E-state index contributed by atoms with van der Waals surface area (Å²) in [7, 11) is 0. The lowest BCUT2D eigenvalue weighted by molar-refractivity contribution is -0.184. The van der Waals surface area contributed by atoms with Gasteiger partial charge < -0.3 is 11.1 Å². The molecule has 1 rings (SSSR count). The maximum Gasteiger partial charge on any atom is 0.415 e. The minimum Gasteiger partial charge on any atom is -0.310 e. The van der Waals surface area contributed by atoms with E-state index < -0.39 is 17.6 Å². The van der Waals surface area contributed by atoms with Crippen molar-refractivity contribution in [3.63, 3.8) is 0 Å². The van der Waals surface area contributed by atoms with Gasteiger partial charge in [-0.05, 0) is 41.9 Å². The zero-order valence-electron chi connectivity index (χ0n) is 9.60. The van der Waals surface area contributed by atoms with Crippen LogP contribution in [0.2, 0.25) is 0 Å². The van der Waals surface area contributed by atoms with E-state index in [-0.39, 0.29) is 5.82 Å². The summed E-state index contributed by atoms with van der Waals surface area (Å²) in [6.07, 6.45) is -4.83. The third-order valence-corrected chi connectivity index (χ3v) is 3.16. The van der Waals surface area contributed by atoms with Gasteiger partial charge >= 0.3 is 6.18 Å². The van der Waals surface area contributed by atoms with Gasteiger partial charge in [-0.3, -0.25) is 4.79 Å². The van der Waals surface area contributed by atoms with Crippen LogP contribution in [0.5, 0.6) is 0 Å². The molecule has 4 nitrogen and oxygen atoms in total. The Hall–Kier alpha value is -1.15. The predicted octanol–water partition coefficient (Wildman–Crippen LogP) is 2.37. The smallest absolute Gasteiger partial charge is 0.310 e. The number of pyridine rings is 1. The zero-order chi connectivity index (χ0) is 14.1. The summed E-state index contributed by atoms with van der Waals surface area (Å²) in [5.41, 5.74) is 2.56. The number of carbonyl (C=O) groups excluding carboxylic acids is 1. The molecule has 1 atom stereocenters. The first-order valence-corrected chi connectivity index (χ1v) is 5.65. The van der Waals surface area contributed by atoms with Crippen LogP contribution < -0.4 is 11.1 Å². The van der Waals surface area contributed by atoms with E-state index in [9.17, 15) is 18.0 Å². The molecule has 1 unspecified atom stereocenters. The number of nitrogens with zero attached hydrogens (tertiary/aromatic N) is 1. The van der Waals surface area contributed by atoms with Gasteiger partial charge in [0.05, 0.1) is 5.69 Å². The van der Waals surface area contributed by atoms with Crippen molar-refractivity contribution in [2.45, 2.75) is 25.6 Å². The molecular weight excluding hydrogens is 315 g/mol. The SMILES string of the molecule is Cc1nc(NC(=O)C(C)(N)C(F)(F)F)ccc1Br. The molecule has 18 heavy (non-hydrogen) atoms. The average molecular weight is 326 g/mol. The molecule has 0 radical (unpaired) electrons. The normalized spacial score (nSPS) is 15.1. The molecule has 1 aromatic heterocycles. The van der Waals surface area contributed by atoms with Crippen molar-refractivity contribution < 1.29 is 18.0 Å². The summed E-state index contributed by atoms with van der Waals surface area (Å²) in [4.78, 5) is 15.4. The number of rotatable bonds is 2. The van der Waals surface area contributed by atoms with E-state index in [0.717, 1.165) is 0 Å². The van der Waals surface area contributed by atoms with Crippen molar-refractivity contribution in [1.29, 1.82) is 0 Å². The lowest BCUT2D eigenvalue weighted by atomic mass is 10.0. The molecule has 1 heterocycles. The Labute approximate surface area is 110 Å². The lowest BCUT2D eigenvalue weighted by Gasteiger charge is -2.25. The number of halogens is 4. The Kier molecular flexibility index (Phi) is 4.02. The summed E-state index contributed by atoms with van der Waals surface area (Å²) in [5, 5.41) is 2.04. The summed E-state index contributed by atoms with van der Waals surface area (Å²) < 4.78 is 38.2. The standard InChI is InChI=1S/C10H11BrF3N3O/c1-5-6(11)3-4-7(16-5)17-8(18)9(2,15)10(12,13)14/h3-4H,15H2,1-2H3,(H,16,17,18). The summed E-state index contributed by atoms with van der Waals surface area (Å²) in [6, 6.07) is 2.95. The molecule has 0 aliphatic heterocycles. The third kappa shape index (κ3) is 2.99. The molecular formula is C10H11BrF3N3O. The maximum atomic E-state index is 12.5. The molecule has 0 aromatic carbocycles. The highest BCUT2D eigenvalue weighted by Gasteiger charge is 2.54. The highest BCUT2D eigenvalue weighted by molar-refractivity contribution is 9.10. The second-order valence-corrected chi connectivity index (χ2v) is 4.77. The van der Waals surface area contributed by atoms with E-state index in [2.05, 4.69) is 20.9 Å². The maximum absolute atomic E-state index is 12.5. The van der Waals surface area contributed by atoms with Crippen LogP contribution in [0.25, 0.3) is 0 Å². The second-order valence-electron chi connectivity index (χ2n) is 3.92. The summed E-state index contributed by atoms with van der Waals surface area (Å²) in [5.74, 6) is -1.34. The Morgan fingerprint density at radius 3 is 2.44 bits per heavy atom. The van der Waals surface area contributed by atoms with E-state index in [4.69, 9.17) is 5.73 Å². The largest absolute Gasteiger partial charge is 0.415 e. The van der Waals surface area contributed by atoms with Crippen molar-refractivity contribution in [1.82, 2.24) is 4.98 Å². The fraction of sp³-hybridized carbons (Fsp3) is 0.400.